The van der Waals surface area contributed by atoms with Crippen molar-refractivity contribution in [3.63, 3.8) is 0 Å². The molecule has 0 fully saturated rings. The van der Waals surface area contributed by atoms with Crippen molar-refractivity contribution in [2.45, 2.75) is 6.04 Å². The van der Waals surface area contributed by atoms with Crippen molar-refractivity contribution in [3.8, 4) is 11.5 Å². The van der Waals surface area contributed by atoms with E-state index in [4.69, 9.17) is 13.9 Å². The minimum absolute atomic E-state index is 0.0698. The molecule has 4 aromatic rings. The van der Waals surface area contributed by atoms with Gasteiger partial charge in [-0.2, -0.15) is 0 Å². The zero-order chi connectivity index (χ0) is 21.5. The number of nitrogens with zero attached hydrogens (tertiary/aromatic N) is 1. The molecule has 3 aromatic carbocycles. The molecule has 31 heavy (non-hydrogen) atoms. The van der Waals surface area contributed by atoms with Gasteiger partial charge >= 0.3 is 0 Å². The monoisotopic (exact) mass is 413 g/mol. The molecule has 1 aliphatic rings. The van der Waals surface area contributed by atoms with E-state index in [1.54, 1.807) is 67.7 Å². The first-order valence-electron chi connectivity index (χ1n) is 9.79. The second kappa shape index (κ2) is 7.32. The molecule has 154 valence electrons. The van der Waals surface area contributed by atoms with Gasteiger partial charge in [0.25, 0.3) is 5.91 Å². The summed E-state index contributed by atoms with van der Waals surface area (Å²) in [7, 11) is 3.17. The standard InChI is InChI=1S/C25H19NO5/c1-29-17-11-7-15(8-12-17)22-21-23(27)19-5-3-4-6-20(19)31-24(21)25(28)26(22)16-9-13-18(30-2)14-10-16/h3-14,22H,1-2H3. The molecule has 1 unspecified atom stereocenters. The minimum atomic E-state index is -0.623. The number of methoxy groups -OCH3 is 2. The van der Waals surface area contributed by atoms with Crippen LogP contribution in [0.15, 0.2) is 82.0 Å². The van der Waals surface area contributed by atoms with E-state index in [2.05, 4.69) is 0 Å². The Morgan fingerprint density at radius 2 is 1.42 bits per heavy atom. The molecule has 0 spiro atoms. The SMILES string of the molecule is COc1ccc(C2c3c(oc4ccccc4c3=O)C(=O)N2c2ccc(OC)cc2)cc1. The lowest BCUT2D eigenvalue weighted by Crippen LogP contribution is -2.29. The highest BCUT2D eigenvalue weighted by Gasteiger charge is 2.43. The number of carbonyl (C=O) groups is 1. The molecule has 1 aliphatic heterocycles. The minimum Gasteiger partial charge on any atom is -0.497 e. The molecule has 0 aliphatic carbocycles. The molecule has 0 radical (unpaired) electrons. The molecule has 6 heteroatoms. The summed E-state index contributed by atoms with van der Waals surface area (Å²) in [6, 6.07) is 20.8. The molecule has 1 aromatic heterocycles. The lowest BCUT2D eigenvalue weighted by Gasteiger charge is -2.25. The summed E-state index contributed by atoms with van der Waals surface area (Å²) in [6.07, 6.45) is 0. The average molecular weight is 413 g/mol. The van der Waals surface area contributed by atoms with Crippen LogP contribution in [0.25, 0.3) is 11.0 Å². The highest BCUT2D eigenvalue weighted by molar-refractivity contribution is 6.10. The maximum absolute atomic E-state index is 13.5. The predicted octanol–water partition coefficient (Wildman–Crippen LogP) is 4.56. The maximum atomic E-state index is 13.5. The molecule has 1 amide bonds. The molecule has 0 bridgehead atoms. The van der Waals surface area contributed by atoms with E-state index < -0.39 is 6.04 Å². The van der Waals surface area contributed by atoms with E-state index in [9.17, 15) is 9.59 Å². The molecule has 0 saturated heterocycles. The summed E-state index contributed by atoms with van der Waals surface area (Å²) in [6.45, 7) is 0. The highest BCUT2D eigenvalue weighted by Crippen LogP contribution is 2.41. The number of benzene rings is 3. The maximum Gasteiger partial charge on any atom is 0.295 e. The van der Waals surface area contributed by atoms with Gasteiger partial charge in [0.15, 0.2) is 5.43 Å². The number of hydrogen-bond acceptors (Lipinski definition) is 5. The molecule has 0 saturated carbocycles. The van der Waals surface area contributed by atoms with Gasteiger partial charge in [0.05, 0.1) is 31.2 Å². The lowest BCUT2D eigenvalue weighted by molar-refractivity contribution is 0.0971. The number of fused-ring (bicyclic) bond motifs is 2. The first-order valence-corrected chi connectivity index (χ1v) is 9.79. The molecule has 2 heterocycles. The number of carbonyl (C=O) groups excluding carboxylic acids is 1. The van der Waals surface area contributed by atoms with Crippen LogP contribution >= 0.6 is 0 Å². The van der Waals surface area contributed by atoms with E-state index in [1.807, 2.05) is 24.3 Å². The number of amides is 1. The quantitative estimate of drug-likeness (QED) is 0.491. The van der Waals surface area contributed by atoms with Crippen LogP contribution in [0.2, 0.25) is 0 Å². The third kappa shape index (κ3) is 2.95. The Morgan fingerprint density at radius 3 is 2.06 bits per heavy atom. The van der Waals surface area contributed by atoms with Gasteiger partial charge in [-0.25, -0.2) is 0 Å². The van der Waals surface area contributed by atoms with E-state index in [-0.39, 0.29) is 17.1 Å². The smallest absolute Gasteiger partial charge is 0.295 e. The Bertz CT molecular complexity index is 1340. The Morgan fingerprint density at radius 1 is 0.806 bits per heavy atom. The van der Waals surface area contributed by atoms with Gasteiger partial charge in [-0.3, -0.25) is 14.5 Å². The van der Waals surface area contributed by atoms with Crippen LogP contribution in [-0.2, 0) is 0 Å². The van der Waals surface area contributed by atoms with E-state index in [1.165, 1.54) is 0 Å². The van der Waals surface area contributed by atoms with E-state index >= 15 is 0 Å². The summed E-state index contributed by atoms with van der Waals surface area (Å²) in [4.78, 5) is 28.6. The molecule has 1 atom stereocenters. The van der Waals surface area contributed by atoms with E-state index in [0.717, 1.165) is 5.56 Å². The number of rotatable bonds is 4. The Balaban J connectivity index is 1.76. The van der Waals surface area contributed by atoms with Crippen LogP contribution in [0.5, 0.6) is 11.5 Å². The molecular formula is C25H19NO5. The van der Waals surface area contributed by atoms with Crippen LogP contribution in [0.4, 0.5) is 5.69 Å². The Labute approximate surface area is 178 Å². The largest absolute Gasteiger partial charge is 0.497 e. The Kier molecular flexibility index (Phi) is 4.47. The van der Waals surface area contributed by atoms with Gasteiger partial charge in [0, 0.05) is 5.69 Å². The lowest BCUT2D eigenvalue weighted by atomic mass is 9.98. The fourth-order valence-electron chi connectivity index (χ4n) is 4.03. The third-order valence-electron chi connectivity index (χ3n) is 5.56. The summed E-state index contributed by atoms with van der Waals surface area (Å²) in [5.74, 6) is 1.08. The second-order valence-electron chi connectivity index (χ2n) is 7.22. The molecule has 6 nitrogen and oxygen atoms in total. The Hall–Kier alpha value is -4.06. The van der Waals surface area contributed by atoms with Crippen LogP contribution in [0.3, 0.4) is 0 Å². The number of ether oxygens (including phenoxy) is 2. The van der Waals surface area contributed by atoms with Crippen LogP contribution < -0.4 is 19.8 Å². The van der Waals surface area contributed by atoms with Crippen molar-refractivity contribution in [2.24, 2.45) is 0 Å². The van der Waals surface area contributed by atoms with Gasteiger partial charge in [-0.1, -0.05) is 24.3 Å². The number of anilines is 1. The van der Waals surface area contributed by atoms with Gasteiger partial charge in [-0.15, -0.1) is 0 Å². The summed E-state index contributed by atoms with van der Waals surface area (Å²) in [5.41, 5.74) is 1.95. The van der Waals surface area contributed by atoms with Crippen molar-refractivity contribution in [1.82, 2.24) is 0 Å². The van der Waals surface area contributed by atoms with Crippen molar-refractivity contribution >= 4 is 22.6 Å². The van der Waals surface area contributed by atoms with Crippen LogP contribution in [0.1, 0.15) is 27.7 Å². The van der Waals surface area contributed by atoms with Crippen LogP contribution in [-0.4, -0.2) is 20.1 Å². The van der Waals surface area contributed by atoms with Crippen molar-refractivity contribution in [3.05, 3.63) is 99.9 Å². The summed E-state index contributed by atoms with van der Waals surface area (Å²) in [5, 5.41) is 0.448. The van der Waals surface area contributed by atoms with Crippen molar-refractivity contribution in [1.29, 1.82) is 0 Å². The number of hydrogen-bond donors (Lipinski definition) is 0. The summed E-state index contributed by atoms with van der Waals surface area (Å²) < 4.78 is 16.5. The van der Waals surface area contributed by atoms with Gasteiger partial charge in [0.1, 0.15) is 17.1 Å². The average Bonchev–Trinajstić information content (AvgIpc) is 3.12. The van der Waals surface area contributed by atoms with Gasteiger partial charge in [0.2, 0.25) is 5.76 Å². The normalized spacial score (nSPS) is 15.2. The second-order valence-corrected chi connectivity index (χ2v) is 7.22. The van der Waals surface area contributed by atoms with Crippen molar-refractivity contribution < 1.29 is 18.7 Å². The van der Waals surface area contributed by atoms with Gasteiger partial charge in [-0.05, 0) is 54.1 Å². The van der Waals surface area contributed by atoms with Crippen molar-refractivity contribution in [2.75, 3.05) is 19.1 Å². The zero-order valence-electron chi connectivity index (χ0n) is 17.0. The van der Waals surface area contributed by atoms with Gasteiger partial charge < -0.3 is 13.9 Å². The molecular weight excluding hydrogens is 394 g/mol. The first-order chi connectivity index (χ1) is 15.1. The fourth-order valence-corrected chi connectivity index (χ4v) is 4.03. The topological polar surface area (TPSA) is 69.0 Å². The highest BCUT2D eigenvalue weighted by atomic mass is 16.5. The fraction of sp³-hybridized carbons (Fsp3) is 0.120. The zero-order valence-corrected chi connectivity index (χ0v) is 17.0. The first kappa shape index (κ1) is 18.9. The van der Waals surface area contributed by atoms with Crippen LogP contribution in [0, 0.1) is 0 Å². The van der Waals surface area contributed by atoms with E-state index in [0.29, 0.717) is 33.7 Å². The summed E-state index contributed by atoms with van der Waals surface area (Å²) >= 11 is 0. The number of para-hydroxylation sites is 1. The predicted molar refractivity (Wildman–Crippen MR) is 117 cm³/mol. The molecule has 5 rings (SSSR count). The third-order valence-corrected chi connectivity index (χ3v) is 5.56. The molecule has 0 N–H and O–H groups in total.